The quantitative estimate of drug-likeness (QED) is 0.392. The smallest absolute Gasteiger partial charge is 1.00 e. The molecule has 0 saturated heterocycles. The van der Waals surface area contributed by atoms with Crippen LogP contribution >= 0.6 is 0 Å². The second-order valence-electron chi connectivity index (χ2n) is 14.4. The maximum atomic E-state index is 2.61. The first-order chi connectivity index (χ1) is 18.1. The van der Waals surface area contributed by atoms with Crippen molar-refractivity contribution in [1.29, 1.82) is 0 Å². The molecule has 2 aromatic carbocycles. The van der Waals surface area contributed by atoms with Crippen LogP contribution in [0.3, 0.4) is 0 Å². The van der Waals surface area contributed by atoms with Crippen LogP contribution in [-0.4, -0.2) is 3.21 Å². The van der Waals surface area contributed by atoms with Crippen LogP contribution < -0.4 is 24.8 Å². The van der Waals surface area contributed by atoms with Gasteiger partial charge in [0, 0.05) is 0 Å². The van der Waals surface area contributed by atoms with Gasteiger partial charge in [-0.05, 0) is 0 Å². The summed E-state index contributed by atoms with van der Waals surface area (Å²) in [6.45, 7) is 29.1. The molecule has 0 aliphatic heterocycles. The SMILES string of the molecule is CC1=CC(C)(C)c2cc3c(cc21)-c1cc2c(cc1C3)C(C)(C)[C]([Zr+2]([C]1=C(C)C(C(C)C)=CC1C)=[C](C)C)=C2C.[Cl-].[Cl-]. The molecule has 0 spiro atoms. The summed E-state index contributed by atoms with van der Waals surface area (Å²) < 4.78 is 5.36. The molecule has 0 heterocycles. The van der Waals surface area contributed by atoms with E-state index < -0.39 is 21.3 Å². The van der Waals surface area contributed by atoms with E-state index in [0.29, 0.717) is 11.8 Å². The number of hydrogen-bond donors (Lipinski definition) is 0. The van der Waals surface area contributed by atoms with Crippen molar-refractivity contribution in [2.45, 2.75) is 100 Å². The van der Waals surface area contributed by atoms with Crippen LogP contribution in [0, 0.1) is 11.8 Å². The van der Waals surface area contributed by atoms with Crippen LogP contribution in [0.25, 0.3) is 22.3 Å². The zero-order chi connectivity index (χ0) is 28.3. The maximum absolute atomic E-state index is 2.61. The number of hydrogen-bond acceptors (Lipinski definition) is 0. The number of fused-ring (bicyclic) bond motifs is 5. The van der Waals surface area contributed by atoms with Crippen molar-refractivity contribution in [2.75, 3.05) is 0 Å². The minimum Gasteiger partial charge on any atom is -1.00 e. The first-order valence-electron chi connectivity index (χ1n) is 15.0. The Morgan fingerprint density at radius 2 is 1.37 bits per heavy atom. The van der Waals surface area contributed by atoms with Crippen molar-refractivity contribution in [3.8, 4) is 11.1 Å². The number of halogens is 2. The van der Waals surface area contributed by atoms with Crippen molar-refractivity contribution in [3.63, 3.8) is 0 Å². The molecule has 1 atom stereocenters. The Morgan fingerprint density at radius 3 is 1.90 bits per heavy atom. The molecular weight excluding hydrogens is 619 g/mol. The van der Waals surface area contributed by atoms with Crippen LogP contribution in [0.15, 0.2) is 54.1 Å². The molecule has 41 heavy (non-hydrogen) atoms. The molecule has 1 unspecified atom stereocenters. The number of allylic oxidation sites excluding steroid dienone is 8. The molecule has 4 aliphatic carbocycles. The fraction of sp³-hybridized carbons (Fsp3) is 0.447. The zero-order valence-corrected chi connectivity index (χ0v) is 31.1. The van der Waals surface area contributed by atoms with E-state index in [0.717, 1.165) is 6.42 Å². The largest absolute Gasteiger partial charge is 1.00 e. The summed E-state index contributed by atoms with van der Waals surface area (Å²) >= 11 is -2.26. The summed E-state index contributed by atoms with van der Waals surface area (Å²) in [7, 11) is 0. The summed E-state index contributed by atoms with van der Waals surface area (Å²) in [5.41, 5.74) is 18.5. The first-order valence-corrected chi connectivity index (χ1v) is 18.7. The van der Waals surface area contributed by atoms with E-state index in [4.69, 9.17) is 0 Å². The normalized spacial score (nSPS) is 20.4. The van der Waals surface area contributed by atoms with E-state index in [2.05, 4.69) is 120 Å². The van der Waals surface area contributed by atoms with Crippen molar-refractivity contribution in [2.24, 2.45) is 11.8 Å². The van der Waals surface area contributed by atoms with E-state index in [-0.39, 0.29) is 35.6 Å². The second kappa shape index (κ2) is 10.7. The monoisotopic (exact) mass is 662 g/mol. The third-order valence-electron chi connectivity index (χ3n) is 10.3. The first kappa shape index (κ1) is 32.6. The van der Waals surface area contributed by atoms with Crippen molar-refractivity contribution >= 4 is 14.4 Å². The minimum atomic E-state index is -2.26. The molecule has 0 N–H and O–H groups in total. The van der Waals surface area contributed by atoms with Gasteiger partial charge in [-0.1, -0.05) is 0 Å². The van der Waals surface area contributed by atoms with Crippen LogP contribution in [-0.2, 0) is 38.5 Å². The average Bonchev–Trinajstić information content (AvgIpc) is 3.47. The molecule has 0 fully saturated rings. The molecule has 216 valence electrons. The Balaban J connectivity index is 0.00000194. The molecule has 0 radical (unpaired) electrons. The third kappa shape index (κ3) is 4.67. The summed E-state index contributed by atoms with van der Waals surface area (Å²) in [4.78, 5) is 0. The summed E-state index contributed by atoms with van der Waals surface area (Å²) in [5.74, 6) is 1.18. The number of rotatable bonds is 3. The van der Waals surface area contributed by atoms with Crippen LogP contribution in [0.1, 0.15) is 116 Å². The molecule has 4 aliphatic rings. The van der Waals surface area contributed by atoms with E-state index in [1.807, 2.05) is 6.56 Å². The molecule has 0 amide bonds. The summed E-state index contributed by atoms with van der Waals surface area (Å²) in [6, 6.07) is 10.2. The molecule has 0 aromatic heterocycles. The molecule has 2 aromatic rings. The molecular formula is C38H46Cl2Zr. The Hall–Kier alpha value is -1.27. The maximum Gasteiger partial charge on any atom is -1.00 e. The summed E-state index contributed by atoms with van der Waals surface area (Å²) in [5, 5.41) is 0. The van der Waals surface area contributed by atoms with Gasteiger partial charge in [0.05, 0.1) is 0 Å². The van der Waals surface area contributed by atoms with Gasteiger partial charge in [-0.2, -0.15) is 0 Å². The van der Waals surface area contributed by atoms with Gasteiger partial charge in [0.1, 0.15) is 0 Å². The van der Waals surface area contributed by atoms with E-state index in [1.54, 1.807) is 25.5 Å². The third-order valence-corrected chi connectivity index (χ3v) is 19.8. The van der Waals surface area contributed by atoms with Gasteiger partial charge in [-0.25, -0.2) is 0 Å². The Labute approximate surface area is 269 Å². The topological polar surface area (TPSA) is 0 Å². The van der Waals surface area contributed by atoms with Crippen LogP contribution in [0.4, 0.5) is 0 Å². The second-order valence-corrected chi connectivity index (χ2v) is 21.3. The van der Waals surface area contributed by atoms with Crippen molar-refractivity contribution in [1.82, 2.24) is 0 Å². The van der Waals surface area contributed by atoms with Gasteiger partial charge in [0.2, 0.25) is 0 Å². The van der Waals surface area contributed by atoms with Crippen LogP contribution in [0.2, 0.25) is 0 Å². The van der Waals surface area contributed by atoms with Gasteiger partial charge >= 0.3 is 246 Å². The van der Waals surface area contributed by atoms with Gasteiger partial charge in [0.25, 0.3) is 0 Å². The van der Waals surface area contributed by atoms with Crippen molar-refractivity contribution in [3.05, 3.63) is 87.5 Å². The fourth-order valence-corrected chi connectivity index (χ4v) is 17.5. The van der Waals surface area contributed by atoms with Gasteiger partial charge in [0.15, 0.2) is 0 Å². The van der Waals surface area contributed by atoms with Crippen molar-refractivity contribution < 1.29 is 46.1 Å². The molecule has 6 rings (SSSR count). The Kier molecular flexibility index (Phi) is 8.53. The molecule has 0 nitrogen and oxygen atoms in total. The van der Waals surface area contributed by atoms with Gasteiger partial charge in [-0.3, -0.25) is 0 Å². The molecule has 0 bridgehead atoms. The number of benzene rings is 2. The summed E-state index contributed by atoms with van der Waals surface area (Å²) in [6.07, 6.45) is 6.11. The van der Waals surface area contributed by atoms with E-state index in [1.165, 1.54) is 44.5 Å². The minimum absolute atomic E-state index is 0. The van der Waals surface area contributed by atoms with Gasteiger partial charge in [-0.15, -0.1) is 0 Å². The predicted octanol–water partition coefficient (Wildman–Crippen LogP) is 4.32. The van der Waals surface area contributed by atoms with Gasteiger partial charge < -0.3 is 24.8 Å². The zero-order valence-electron chi connectivity index (χ0n) is 27.1. The Morgan fingerprint density at radius 1 is 0.805 bits per heavy atom. The van der Waals surface area contributed by atoms with E-state index >= 15 is 0 Å². The molecule has 0 saturated carbocycles. The molecule has 3 heteroatoms. The van der Waals surface area contributed by atoms with Crippen LogP contribution in [0.5, 0.6) is 0 Å². The predicted molar refractivity (Wildman–Crippen MR) is 168 cm³/mol. The van der Waals surface area contributed by atoms with E-state index in [9.17, 15) is 0 Å². The fourth-order valence-electron chi connectivity index (χ4n) is 8.58. The standard InChI is InChI=1S/C25H25.C10H15.C3H6.2ClH.Zr/c1-14-12-24(3,4)22-8-16-7-17-9-23-19(15(2)13-25(23,5)6)11-21(17)20(16)10-18(14)22;1-7(2)10-6-8(3)5-9(10)4;1-3-2;;;/h8-12H,7H2,1-6H3;6-8H,1-4H3;1-2H3;2*1H;/q;;;;;+2/p-2. The average molecular weight is 665 g/mol. The Bertz CT molecular complexity index is 1650.